The van der Waals surface area contributed by atoms with E-state index >= 15 is 0 Å². The number of aromatic nitrogens is 2. The minimum Gasteiger partial charge on any atom is -0.489 e. The number of nitrogens with zero attached hydrogens (tertiary/aromatic N) is 4. The first kappa shape index (κ1) is 22.8. The second-order valence-corrected chi connectivity index (χ2v) is 8.68. The van der Waals surface area contributed by atoms with E-state index in [0.29, 0.717) is 24.9 Å². The van der Waals surface area contributed by atoms with E-state index in [1.165, 1.54) is 0 Å². The standard InChI is InChI=1S/C28H28N4O3/c1-21(33)23-7-11-25(12-8-23)32-17-15-31(16-18-32)19-27-29-28(30-35-27)24-9-13-26(14-10-24)34-20-22-5-3-2-4-6-22/h2-14H,15-20H2,1H3. The number of ketones is 1. The van der Waals surface area contributed by atoms with Gasteiger partial charge in [0.25, 0.3) is 0 Å². The van der Waals surface area contributed by atoms with Crippen molar-refractivity contribution in [3.63, 3.8) is 0 Å². The van der Waals surface area contributed by atoms with Gasteiger partial charge >= 0.3 is 0 Å². The second kappa shape index (κ2) is 10.5. The summed E-state index contributed by atoms with van der Waals surface area (Å²) in [5, 5.41) is 4.17. The van der Waals surface area contributed by atoms with Crippen molar-refractivity contribution in [2.75, 3.05) is 31.1 Å². The fourth-order valence-electron chi connectivity index (χ4n) is 4.14. The van der Waals surface area contributed by atoms with Crippen LogP contribution in [0.15, 0.2) is 83.4 Å². The van der Waals surface area contributed by atoms with Crippen LogP contribution in [0.25, 0.3) is 11.4 Å². The van der Waals surface area contributed by atoms with Crippen molar-refractivity contribution in [2.24, 2.45) is 0 Å². The topological polar surface area (TPSA) is 71.7 Å². The van der Waals surface area contributed by atoms with Crippen LogP contribution in [-0.2, 0) is 13.2 Å². The van der Waals surface area contributed by atoms with Gasteiger partial charge in [0.15, 0.2) is 5.78 Å². The molecule has 0 spiro atoms. The number of carbonyl (C=O) groups excluding carboxylic acids is 1. The predicted octanol–water partition coefficient (Wildman–Crippen LogP) is 4.84. The predicted molar refractivity (Wildman–Crippen MR) is 134 cm³/mol. The number of anilines is 1. The molecule has 1 fully saturated rings. The van der Waals surface area contributed by atoms with Crippen LogP contribution in [0.3, 0.4) is 0 Å². The average Bonchev–Trinajstić information content (AvgIpc) is 3.37. The van der Waals surface area contributed by atoms with Gasteiger partial charge in [0.2, 0.25) is 11.7 Å². The van der Waals surface area contributed by atoms with Gasteiger partial charge in [0.1, 0.15) is 12.4 Å². The molecule has 0 atom stereocenters. The number of piperazine rings is 1. The summed E-state index contributed by atoms with van der Waals surface area (Å²) in [6, 6.07) is 25.7. The van der Waals surface area contributed by atoms with Crippen molar-refractivity contribution in [1.82, 2.24) is 15.0 Å². The highest BCUT2D eigenvalue weighted by Crippen LogP contribution is 2.22. The molecular formula is C28H28N4O3. The van der Waals surface area contributed by atoms with Gasteiger partial charge in [-0.3, -0.25) is 9.69 Å². The third kappa shape index (κ3) is 5.75. The maximum atomic E-state index is 11.5. The summed E-state index contributed by atoms with van der Waals surface area (Å²) >= 11 is 0. The number of rotatable bonds is 8. The zero-order valence-electron chi connectivity index (χ0n) is 19.8. The Morgan fingerprint density at radius 2 is 1.63 bits per heavy atom. The molecule has 1 saturated heterocycles. The Balaban J connectivity index is 1.12. The molecule has 3 aromatic carbocycles. The minimum absolute atomic E-state index is 0.0904. The zero-order valence-corrected chi connectivity index (χ0v) is 19.8. The molecule has 0 amide bonds. The molecule has 7 heteroatoms. The van der Waals surface area contributed by atoms with Crippen LogP contribution in [-0.4, -0.2) is 47.0 Å². The zero-order chi connectivity index (χ0) is 24.0. The molecule has 0 unspecified atom stereocenters. The maximum Gasteiger partial charge on any atom is 0.241 e. The molecule has 2 heterocycles. The highest BCUT2D eigenvalue weighted by molar-refractivity contribution is 5.94. The molecule has 0 aliphatic carbocycles. The molecule has 178 valence electrons. The molecule has 0 saturated carbocycles. The van der Waals surface area contributed by atoms with Gasteiger partial charge in [-0.1, -0.05) is 35.5 Å². The lowest BCUT2D eigenvalue weighted by Gasteiger charge is -2.35. The van der Waals surface area contributed by atoms with Crippen molar-refractivity contribution in [3.05, 3.63) is 95.9 Å². The van der Waals surface area contributed by atoms with E-state index in [9.17, 15) is 4.79 Å². The van der Waals surface area contributed by atoms with E-state index in [4.69, 9.17) is 9.26 Å². The van der Waals surface area contributed by atoms with E-state index in [1.807, 2.05) is 78.9 Å². The van der Waals surface area contributed by atoms with Crippen molar-refractivity contribution in [3.8, 4) is 17.1 Å². The van der Waals surface area contributed by atoms with E-state index < -0.39 is 0 Å². The molecule has 0 bridgehead atoms. The number of carbonyl (C=O) groups is 1. The summed E-state index contributed by atoms with van der Waals surface area (Å²) in [4.78, 5) is 20.7. The minimum atomic E-state index is 0.0904. The fourth-order valence-corrected chi connectivity index (χ4v) is 4.14. The summed E-state index contributed by atoms with van der Waals surface area (Å²) in [7, 11) is 0. The fraction of sp³-hybridized carbons (Fsp3) is 0.250. The Kier molecular flexibility index (Phi) is 6.86. The summed E-state index contributed by atoms with van der Waals surface area (Å²) in [5.41, 5.74) is 3.91. The third-order valence-electron chi connectivity index (χ3n) is 6.20. The number of benzene rings is 3. The third-order valence-corrected chi connectivity index (χ3v) is 6.20. The molecule has 0 N–H and O–H groups in total. The van der Waals surface area contributed by atoms with Gasteiger partial charge in [-0.25, -0.2) is 0 Å². The van der Waals surface area contributed by atoms with Gasteiger partial charge in [-0.05, 0) is 61.0 Å². The average molecular weight is 469 g/mol. The quantitative estimate of drug-likeness (QED) is 0.343. The molecule has 4 aromatic rings. The van der Waals surface area contributed by atoms with Crippen molar-refractivity contribution < 1.29 is 14.1 Å². The van der Waals surface area contributed by atoms with Crippen molar-refractivity contribution >= 4 is 11.5 Å². The molecule has 35 heavy (non-hydrogen) atoms. The van der Waals surface area contributed by atoms with E-state index in [1.54, 1.807) is 6.92 Å². The SMILES string of the molecule is CC(=O)c1ccc(N2CCN(Cc3nc(-c4ccc(OCc5ccccc5)cc4)no3)CC2)cc1. The van der Waals surface area contributed by atoms with Crippen molar-refractivity contribution in [2.45, 2.75) is 20.1 Å². The summed E-state index contributed by atoms with van der Waals surface area (Å²) in [5.74, 6) is 2.09. The Morgan fingerprint density at radius 3 is 2.31 bits per heavy atom. The number of hydrogen-bond acceptors (Lipinski definition) is 7. The molecule has 1 aromatic heterocycles. The lowest BCUT2D eigenvalue weighted by molar-refractivity contribution is 0.101. The number of ether oxygens (including phenoxy) is 1. The van der Waals surface area contributed by atoms with Crippen LogP contribution in [0.4, 0.5) is 5.69 Å². The number of hydrogen-bond donors (Lipinski definition) is 0. The lowest BCUT2D eigenvalue weighted by atomic mass is 10.1. The van der Waals surface area contributed by atoms with E-state index in [-0.39, 0.29) is 5.78 Å². The molecular weight excluding hydrogens is 440 g/mol. The largest absolute Gasteiger partial charge is 0.489 e. The molecule has 1 aliphatic rings. The first-order valence-electron chi connectivity index (χ1n) is 11.8. The normalized spacial score (nSPS) is 14.1. The van der Waals surface area contributed by atoms with Crippen LogP contribution in [0.5, 0.6) is 5.75 Å². The van der Waals surface area contributed by atoms with Crippen LogP contribution in [0.1, 0.15) is 28.7 Å². The maximum absolute atomic E-state index is 11.5. The summed E-state index contributed by atoms with van der Waals surface area (Å²) in [6.07, 6.45) is 0. The van der Waals surface area contributed by atoms with Crippen molar-refractivity contribution in [1.29, 1.82) is 0 Å². The Hall–Kier alpha value is -3.97. The lowest BCUT2D eigenvalue weighted by Crippen LogP contribution is -2.46. The smallest absolute Gasteiger partial charge is 0.241 e. The van der Waals surface area contributed by atoms with Crippen LogP contribution < -0.4 is 9.64 Å². The Bertz CT molecular complexity index is 1250. The number of Topliss-reactive ketones (excluding diaryl/α,β-unsaturated/α-hetero) is 1. The van der Waals surface area contributed by atoms with Crippen LogP contribution >= 0.6 is 0 Å². The molecule has 0 radical (unpaired) electrons. The van der Waals surface area contributed by atoms with E-state index in [2.05, 4.69) is 19.9 Å². The highest BCUT2D eigenvalue weighted by atomic mass is 16.5. The van der Waals surface area contributed by atoms with Gasteiger partial charge in [0.05, 0.1) is 6.54 Å². The molecule has 7 nitrogen and oxygen atoms in total. The van der Waals surface area contributed by atoms with Crippen LogP contribution in [0, 0.1) is 0 Å². The van der Waals surface area contributed by atoms with Gasteiger partial charge < -0.3 is 14.2 Å². The van der Waals surface area contributed by atoms with Gasteiger partial charge in [-0.15, -0.1) is 0 Å². The van der Waals surface area contributed by atoms with Gasteiger partial charge in [0, 0.05) is 43.0 Å². The van der Waals surface area contributed by atoms with E-state index in [0.717, 1.165) is 54.3 Å². The second-order valence-electron chi connectivity index (χ2n) is 8.68. The summed E-state index contributed by atoms with van der Waals surface area (Å²) < 4.78 is 11.4. The Labute approximate surface area is 204 Å². The first-order valence-corrected chi connectivity index (χ1v) is 11.8. The highest BCUT2D eigenvalue weighted by Gasteiger charge is 2.20. The molecule has 1 aliphatic heterocycles. The first-order chi connectivity index (χ1) is 17.1. The van der Waals surface area contributed by atoms with Crippen LogP contribution in [0.2, 0.25) is 0 Å². The molecule has 5 rings (SSSR count). The summed E-state index contributed by atoms with van der Waals surface area (Å²) in [6.45, 7) is 6.37. The Morgan fingerprint density at radius 1 is 0.914 bits per heavy atom. The monoisotopic (exact) mass is 468 g/mol. The van der Waals surface area contributed by atoms with Gasteiger partial charge in [-0.2, -0.15) is 4.98 Å².